The Hall–Kier alpha value is -1.72. The molecule has 0 radical (unpaired) electrons. The third-order valence-electron chi connectivity index (χ3n) is 3.43. The summed E-state index contributed by atoms with van der Waals surface area (Å²) in [6, 6.07) is 6.34. The van der Waals surface area contributed by atoms with E-state index in [4.69, 9.17) is 4.52 Å². The van der Waals surface area contributed by atoms with Crippen molar-refractivity contribution in [1.29, 1.82) is 0 Å². The summed E-state index contributed by atoms with van der Waals surface area (Å²) >= 11 is 0. The van der Waals surface area contributed by atoms with E-state index >= 15 is 0 Å². The highest BCUT2D eigenvalue weighted by atomic mass is 16.5. The zero-order valence-corrected chi connectivity index (χ0v) is 10.4. The maximum Gasteiger partial charge on any atom is 0.223 e. The largest absolute Gasteiger partial charge is 0.339 e. The number of likely N-dealkylation sites (N-methyl/N-ethyl adjacent to an activating group) is 1. The summed E-state index contributed by atoms with van der Waals surface area (Å²) in [5.41, 5.74) is 3.50. The fraction of sp³-hybridized carbons (Fsp3) is 0.385. The van der Waals surface area contributed by atoms with E-state index in [9.17, 15) is 5.21 Å². The Morgan fingerprint density at radius 2 is 2.11 bits per heavy atom. The van der Waals surface area contributed by atoms with Crippen LogP contribution in [0, 0.1) is 6.92 Å². The number of nitrogens with zero attached hydrogens (tertiary/aromatic N) is 3. The summed E-state index contributed by atoms with van der Waals surface area (Å²) < 4.78 is 4.99. The molecule has 18 heavy (non-hydrogen) atoms. The summed E-state index contributed by atoms with van der Waals surface area (Å²) in [7, 11) is 1.69. The van der Waals surface area contributed by atoms with Gasteiger partial charge in [0.15, 0.2) is 0 Å². The molecule has 0 amide bonds. The Bertz CT molecular complexity index is 577. The topological polar surface area (TPSA) is 62.4 Å². The zero-order chi connectivity index (χ0) is 12.7. The number of hydroxylamine groups is 2. The lowest BCUT2D eigenvalue weighted by atomic mass is 10.1. The van der Waals surface area contributed by atoms with Crippen LogP contribution in [0.4, 0.5) is 0 Å². The lowest BCUT2D eigenvalue weighted by molar-refractivity contribution is -0.0988. The van der Waals surface area contributed by atoms with Crippen LogP contribution in [-0.4, -0.2) is 33.5 Å². The molecule has 1 heterocycles. The van der Waals surface area contributed by atoms with Gasteiger partial charge in [-0.1, -0.05) is 17.3 Å². The number of benzene rings is 1. The van der Waals surface area contributed by atoms with Crippen molar-refractivity contribution in [2.75, 3.05) is 7.05 Å². The second-order valence-corrected chi connectivity index (χ2v) is 4.76. The van der Waals surface area contributed by atoms with E-state index in [2.05, 4.69) is 22.3 Å². The predicted octanol–water partition coefficient (Wildman–Crippen LogP) is 1.83. The third-order valence-corrected chi connectivity index (χ3v) is 3.43. The highest BCUT2D eigenvalue weighted by Crippen LogP contribution is 2.28. The van der Waals surface area contributed by atoms with Gasteiger partial charge in [-0.2, -0.15) is 10.0 Å². The number of hydrogen-bond acceptors (Lipinski definition) is 5. The number of fused-ring (bicyclic) bond motifs is 1. The zero-order valence-electron chi connectivity index (χ0n) is 10.4. The van der Waals surface area contributed by atoms with Crippen LogP contribution in [-0.2, 0) is 12.8 Å². The first-order valence-electron chi connectivity index (χ1n) is 5.97. The normalized spacial score (nSPS) is 18.3. The summed E-state index contributed by atoms with van der Waals surface area (Å²) in [4.78, 5) is 4.22. The van der Waals surface area contributed by atoms with E-state index in [-0.39, 0.29) is 6.04 Å². The fourth-order valence-electron chi connectivity index (χ4n) is 2.41. The second kappa shape index (κ2) is 4.19. The summed E-state index contributed by atoms with van der Waals surface area (Å²) in [5.74, 6) is 1.19. The second-order valence-electron chi connectivity index (χ2n) is 4.76. The van der Waals surface area contributed by atoms with Gasteiger partial charge in [0.25, 0.3) is 0 Å². The van der Waals surface area contributed by atoms with Crippen molar-refractivity contribution in [1.82, 2.24) is 15.2 Å². The van der Waals surface area contributed by atoms with E-state index in [0.717, 1.165) is 18.4 Å². The van der Waals surface area contributed by atoms with Crippen molar-refractivity contribution in [2.24, 2.45) is 0 Å². The maximum atomic E-state index is 9.51. The minimum Gasteiger partial charge on any atom is -0.339 e. The van der Waals surface area contributed by atoms with Gasteiger partial charge in [0.1, 0.15) is 0 Å². The van der Waals surface area contributed by atoms with E-state index in [1.54, 1.807) is 14.0 Å². The molecule has 3 rings (SSSR count). The molecule has 1 aromatic heterocycles. The number of aromatic nitrogens is 2. The maximum absolute atomic E-state index is 9.51. The predicted molar refractivity (Wildman–Crippen MR) is 65.2 cm³/mol. The molecule has 1 aliphatic carbocycles. The van der Waals surface area contributed by atoms with E-state index < -0.39 is 0 Å². The van der Waals surface area contributed by atoms with Gasteiger partial charge < -0.3 is 9.73 Å². The van der Waals surface area contributed by atoms with Gasteiger partial charge in [0, 0.05) is 25.6 Å². The molecule has 5 heteroatoms. The minimum absolute atomic E-state index is 0.169. The first-order valence-corrected chi connectivity index (χ1v) is 5.97. The Kier molecular flexibility index (Phi) is 2.65. The van der Waals surface area contributed by atoms with Crippen LogP contribution in [0.1, 0.15) is 17.0 Å². The van der Waals surface area contributed by atoms with Crippen molar-refractivity contribution >= 4 is 0 Å². The molecule has 0 bridgehead atoms. The van der Waals surface area contributed by atoms with E-state index in [1.165, 1.54) is 16.2 Å². The molecule has 0 aliphatic heterocycles. The minimum atomic E-state index is 0.169. The number of hydrogen-bond donors (Lipinski definition) is 1. The van der Waals surface area contributed by atoms with Crippen LogP contribution in [0.25, 0.3) is 11.4 Å². The number of rotatable bonds is 2. The SMILES string of the molecule is Cc1nc(-c2ccc3c(c2)CC(N(C)O)C3)no1. The Morgan fingerprint density at radius 3 is 2.78 bits per heavy atom. The molecule has 0 saturated carbocycles. The molecule has 1 N–H and O–H groups in total. The van der Waals surface area contributed by atoms with Gasteiger partial charge in [0.2, 0.25) is 11.7 Å². The van der Waals surface area contributed by atoms with Crippen molar-refractivity contribution in [3.8, 4) is 11.4 Å². The van der Waals surface area contributed by atoms with Crippen LogP contribution in [0.15, 0.2) is 22.7 Å². The Labute approximate surface area is 105 Å². The van der Waals surface area contributed by atoms with Crippen LogP contribution in [0.5, 0.6) is 0 Å². The van der Waals surface area contributed by atoms with Crippen LogP contribution < -0.4 is 0 Å². The van der Waals surface area contributed by atoms with Crippen LogP contribution in [0.3, 0.4) is 0 Å². The molecule has 5 nitrogen and oxygen atoms in total. The Morgan fingerprint density at radius 1 is 1.33 bits per heavy atom. The van der Waals surface area contributed by atoms with Gasteiger partial charge in [0.05, 0.1) is 0 Å². The average molecular weight is 245 g/mol. The van der Waals surface area contributed by atoms with Gasteiger partial charge in [-0.15, -0.1) is 0 Å². The molecule has 0 saturated heterocycles. The van der Waals surface area contributed by atoms with Crippen molar-refractivity contribution in [3.63, 3.8) is 0 Å². The molecule has 1 aliphatic rings. The van der Waals surface area contributed by atoms with Gasteiger partial charge in [-0.05, 0) is 30.0 Å². The molecule has 1 aromatic carbocycles. The smallest absolute Gasteiger partial charge is 0.223 e. The van der Waals surface area contributed by atoms with E-state index in [0.29, 0.717) is 11.7 Å². The number of aryl methyl sites for hydroxylation is 1. The Balaban J connectivity index is 1.92. The lowest BCUT2D eigenvalue weighted by Crippen LogP contribution is -2.28. The molecule has 2 aromatic rings. The first kappa shape index (κ1) is 11.4. The molecule has 0 spiro atoms. The van der Waals surface area contributed by atoms with Crippen molar-refractivity contribution in [2.45, 2.75) is 25.8 Å². The molecular formula is C13H15N3O2. The summed E-state index contributed by atoms with van der Waals surface area (Å²) in [6.45, 7) is 1.78. The first-order chi connectivity index (χ1) is 8.63. The summed E-state index contributed by atoms with van der Waals surface area (Å²) in [5, 5.41) is 14.7. The van der Waals surface area contributed by atoms with E-state index in [1.807, 2.05) is 6.07 Å². The molecular weight excluding hydrogens is 230 g/mol. The molecule has 1 unspecified atom stereocenters. The van der Waals surface area contributed by atoms with Crippen LogP contribution >= 0.6 is 0 Å². The highest BCUT2D eigenvalue weighted by Gasteiger charge is 2.24. The monoisotopic (exact) mass is 245 g/mol. The molecule has 0 fully saturated rings. The molecule has 1 atom stereocenters. The van der Waals surface area contributed by atoms with Crippen molar-refractivity contribution in [3.05, 3.63) is 35.2 Å². The standard InChI is InChI=1S/C13H15N3O2/c1-8-14-13(15-18-8)10-4-3-9-6-12(16(2)17)7-11(9)5-10/h3-5,12,17H,6-7H2,1-2H3. The van der Waals surface area contributed by atoms with Gasteiger partial charge in [-0.25, -0.2) is 0 Å². The van der Waals surface area contributed by atoms with Gasteiger partial charge in [-0.3, -0.25) is 0 Å². The van der Waals surface area contributed by atoms with Gasteiger partial charge >= 0.3 is 0 Å². The molecule has 94 valence electrons. The fourth-order valence-corrected chi connectivity index (χ4v) is 2.41. The van der Waals surface area contributed by atoms with Crippen LogP contribution in [0.2, 0.25) is 0 Å². The average Bonchev–Trinajstić information content (AvgIpc) is 2.93. The quantitative estimate of drug-likeness (QED) is 0.818. The summed E-state index contributed by atoms with van der Waals surface area (Å²) in [6.07, 6.45) is 1.74. The third kappa shape index (κ3) is 1.91. The highest BCUT2D eigenvalue weighted by molar-refractivity contribution is 5.58. The lowest BCUT2D eigenvalue weighted by Gasteiger charge is -2.15. The van der Waals surface area contributed by atoms with Crippen molar-refractivity contribution < 1.29 is 9.73 Å².